The van der Waals surface area contributed by atoms with Crippen molar-refractivity contribution < 1.29 is 9.53 Å². The van der Waals surface area contributed by atoms with Gasteiger partial charge >= 0.3 is 5.97 Å². The smallest absolute Gasteiger partial charge is 0.338 e. The van der Waals surface area contributed by atoms with E-state index in [1.165, 1.54) is 0 Å². The van der Waals surface area contributed by atoms with E-state index >= 15 is 0 Å². The molecule has 0 fully saturated rings. The van der Waals surface area contributed by atoms with Gasteiger partial charge in [0.15, 0.2) is 0 Å². The van der Waals surface area contributed by atoms with Crippen LogP contribution >= 0.6 is 0 Å². The molecule has 0 aliphatic rings. The Bertz CT molecular complexity index is 1010. The summed E-state index contributed by atoms with van der Waals surface area (Å²) in [7, 11) is 0. The quantitative estimate of drug-likeness (QED) is 0.442. The van der Waals surface area contributed by atoms with Crippen LogP contribution in [0.5, 0.6) is 0 Å². The number of carbonyl (C=O) groups excluding carboxylic acids is 1. The molecule has 138 valence electrons. The summed E-state index contributed by atoms with van der Waals surface area (Å²) < 4.78 is 7.76. The fraction of sp³-hybridized carbons (Fsp3) is 0.0833. The van der Waals surface area contributed by atoms with E-state index in [2.05, 4.69) is 4.98 Å². The Morgan fingerprint density at radius 3 is 2.14 bits per heavy atom. The highest BCUT2D eigenvalue weighted by Gasteiger charge is 2.18. The van der Waals surface area contributed by atoms with Gasteiger partial charge in [0.05, 0.1) is 18.4 Å². The summed E-state index contributed by atoms with van der Waals surface area (Å²) in [5, 5.41) is 0. The normalized spacial score (nSPS) is 11.7. The van der Waals surface area contributed by atoms with Crippen LogP contribution in [0.1, 0.15) is 22.0 Å². The number of esters is 1. The Labute approximate surface area is 164 Å². The molecule has 0 aliphatic heterocycles. The van der Waals surface area contributed by atoms with Gasteiger partial charge in [0.1, 0.15) is 6.10 Å². The van der Waals surface area contributed by atoms with Crippen LogP contribution in [0.3, 0.4) is 0 Å². The summed E-state index contributed by atoms with van der Waals surface area (Å²) in [5.41, 5.74) is 3.66. The second-order valence-electron chi connectivity index (χ2n) is 6.51. The van der Waals surface area contributed by atoms with Gasteiger partial charge in [0.25, 0.3) is 0 Å². The Morgan fingerprint density at radius 1 is 0.857 bits per heavy atom. The zero-order valence-corrected chi connectivity index (χ0v) is 15.3. The molecule has 0 saturated heterocycles. The minimum absolute atomic E-state index is 0.339. The first kappa shape index (κ1) is 17.7. The summed E-state index contributed by atoms with van der Waals surface area (Å²) in [6.45, 7) is 0.512. The first-order valence-corrected chi connectivity index (χ1v) is 9.17. The maximum Gasteiger partial charge on any atom is 0.338 e. The molecule has 4 aromatic rings. The zero-order valence-electron chi connectivity index (χ0n) is 15.3. The van der Waals surface area contributed by atoms with Crippen LogP contribution in [0.2, 0.25) is 0 Å². The highest BCUT2D eigenvalue weighted by Crippen LogP contribution is 2.23. The molecule has 0 N–H and O–H groups in total. The number of hydrogen-bond donors (Lipinski definition) is 0. The molecule has 1 aromatic heterocycles. The molecule has 0 aliphatic carbocycles. The Balaban J connectivity index is 1.52. The van der Waals surface area contributed by atoms with E-state index in [0.717, 1.165) is 16.7 Å². The second kappa shape index (κ2) is 8.35. The molecule has 0 spiro atoms. The van der Waals surface area contributed by atoms with Crippen molar-refractivity contribution in [3.05, 3.63) is 115 Å². The molecular formula is C24H20N2O2. The number of carbonyl (C=O) groups is 1. The number of nitrogens with zero attached hydrogens (tertiary/aromatic N) is 2. The number of benzene rings is 3. The summed E-state index contributed by atoms with van der Waals surface area (Å²) in [6, 6.07) is 27.3. The molecule has 4 heteroatoms. The molecule has 1 heterocycles. The lowest BCUT2D eigenvalue weighted by Crippen LogP contribution is -2.16. The average molecular weight is 368 g/mol. The third-order valence-corrected chi connectivity index (χ3v) is 4.58. The van der Waals surface area contributed by atoms with Gasteiger partial charge in [0, 0.05) is 12.4 Å². The molecule has 4 rings (SSSR count). The van der Waals surface area contributed by atoms with Crippen LogP contribution in [-0.2, 0) is 11.3 Å². The largest absolute Gasteiger partial charge is 0.452 e. The van der Waals surface area contributed by atoms with E-state index in [0.29, 0.717) is 12.1 Å². The molecule has 1 atom stereocenters. The molecule has 0 saturated carbocycles. The summed E-state index contributed by atoms with van der Waals surface area (Å²) in [6.07, 6.45) is 4.90. The highest BCUT2D eigenvalue weighted by molar-refractivity contribution is 5.90. The van der Waals surface area contributed by atoms with Crippen molar-refractivity contribution in [2.75, 3.05) is 0 Å². The predicted molar refractivity (Wildman–Crippen MR) is 109 cm³/mol. The van der Waals surface area contributed by atoms with E-state index in [-0.39, 0.29) is 5.97 Å². The summed E-state index contributed by atoms with van der Waals surface area (Å²) in [4.78, 5) is 16.8. The third kappa shape index (κ3) is 4.18. The maximum absolute atomic E-state index is 12.8. The number of imidazole rings is 1. The topological polar surface area (TPSA) is 44.1 Å². The lowest BCUT2D eigenvalue weighted by atomic mass is 10.0. The molecule has 28 heavy (non-hydrogen) atoms. The zero-order chi connectivity index (χ0) is 19.2. The van der Waals surface area contributed by atoms with Gasteiger partial charge in [-0.25, -0.2) is 9.78 Å². The standard InChI is InChI=1S/C24H20N2O2/c27-24(22-13-11-20(12-14-22)19-7-3-1-4-8-19)28-23(17-26-16-15-25-18-26)21-9-5-2-6-10-21/h1-16,18,23H,17H2/t23-/m0/s1. The van der Waals surface area contributed by atoms with Crippen molar-refractivity contribution in [2.45, 2.75) is 12.6 Å². The fourth-order valence-electron chi connectivity index (χ4n) is 3.09. The Kier molecular flexibility index (Phi) is 5.29. The van der Waals surface area contributed by atoms with E-state index in [1.807, 2.05) is 95.7 Å². The molecule has 0 amide bonds. The molecule has 0 unspecified atom stereocenters. The second-order valence-corrected chi connectivity index (χ2v) is 6.51. The molecule has 3 aromatic carbocycles. The molecule has 0 radical (unpaired) electrons. The van der Waals surface area contributed by atoms with Crippen LogP contribution in [0.4, 0.5) is 0 Å². The van der Waals surface area contributed by atoms with E-state index in [1.54, 1.807) is 12.5 Å². The number of ether oxygens (including phenoxy) is 1. The van der Waals surface area contributed by atoms with Gasteiger partial charge in [-0.05, 0) is 28.8 Å². The Morgan fingerprint density at radius 2 is 1.50 bits per heavy atom. The monoisotopic (exact) mass is 368 g/mol. The van der Waals surface area contributed by atoms with Crippen molar-refractivity contribution >= 4 is 5.97 Å². The fourth-order valence-corrected chi connectivity index (χ4v) is 3.09. The SMILES string of the molecule is O=C(O[C@@H](Cn1ccnc1)c1ccccc1)c1ccc(-c2ccccc2)cc1. The minimum Gasteiger partial charge on any atom is -0.452 e. The van der Waals surface area contributed by atoms with E-state index in [4.69, 9.17) is 4.74 Å². The minimum atomic E-state index is -0.392. The maximum atomic E-state index is 12.8. The van der Waals surface area contributed by atoms with Crippen molar-refractivity contribution in [3.63, 3.8) is 0 Å². The summed E-state index contributed by atoms with van der Waals surface area (Å²) >= 11 is 0. The average Bonchev–Trinajstić information content (AvgIpc) is 3.28. The van der Waals surface area contributed by atoms with Crippen molar-refractivity contribution in [1.29, 1.82) is 0 Å². The third-order valence-electron chi connectivity index (χ3n) is 4.58. The summed E-state index contributed by atoms with van der Waals surface area (Å²) in [5.74, 6) is -0.339. The van der Waals surface area contributed by atoms with Gasteiger partial charge in [-0.15, -0.1) is 0 Å². The molecule has 4 nitrogen and oxygen atoms in total. The van der Waals surface area contributed by atoms with E-state index < -0.39 is 6.10 Å². The van der Waals surface area contributed by atoms with Crippen LogP contribution in [0.15, 0.2) is 104 Å². The van der Waals surface area contributed by atoms with Gasteiger partial charge in [-0.2, -0.15) is 0 Å². The van der Waals surface area contributed by atoms with Crippen LogP contribution in [0, 0.1) is 0 Å². The number of rotatable bonds is 6. The lowest BCUT2D eigenvalue weighted by Gasteiger charge is -2.19. The predicted octanol–water partition coefficient (Wildman–Crippen LogP) is 5.15. The van der Waals surface area contributed by atoms with Crippen LogP contribution < -0.4 is 0 Å². The van der Waals surface area contributed by atoms with Crippen LogP contribution in [0.25, 0.3) is 11.1 Å². The van der Waals surface area contributed by atoms with Crippen molar-refractivity contribution in [2.24, 2.45) is 0 Å². The van der Waals surface area contributed by atoms with Gasteiger partial charge < -0.3 is 9.30 Å². The number of aromatic nitrogens is 2. The van der Waals surface area contributed by atoms with E-state index in [9.17, 15) is 4.79 Å². The van der Waals surface area contributed by atoms with Crippen LogP contribution in [-0.4, -0.2) is 15.5 Å². The molecular weight excluding hydrogens is 348 g/mol. The van der Waals surface area contributed by atoms with Crippen molar-refractivity contribution in [1.82, 2.24) is 9.55 Å². The molecule has 0 bridgehead atoms. The number of hydrogen-bond acceptors (Lipinski definition) is 3. The highest BCUT2D eigenvalue weighted by atomic mass is 16.5. The first-order valence-electron chi connectivity index (χ1n) is 9.17. The van der Waals surface area contributed by atoms with Gasteiger partial charge in [-0.1, -0.05) is 72.8 Å². The lowest BCUT2D eigenvalue weighted by molar-refractivity contribution is 0.0255. The van der Waals surface area contributed by atoms with Gasteiger partial charge in [-0.3, -0.25) is 0 Å². The Hall–Kier alpha value is -3.66. The first-order chi connectivity index (χ1) is 13.8. The van der Waals surface area contributed by atoms with Crippen molar-refractivity contribution in [3.8, 4) is 11.1 Å². The van der Waals surface area contributed by atoms with Gasteiger partial charge in [0.2, 0.25) is 0 Å².